The van der Waals surface area contributed by atoms with Crippen LogP contribution in [-0.2, 0) is 7.05 Å². The third kappa shape index (κ3) is 1.30. The highest BCUT2D eigenvalue weighted by Gasteiger charge is 2.12. The minimum atomic E-state index is -0.520. The van der Waals surface area contributed by atoms with Gasteiger partial charge in [-0.05, 0) is 11.6 Å². The maximum atomic E-state index is 12.5. The summed E-state index contributed by atoms with van der Waals surface area (Å²) in [6.45, 7) is -0.520. The fourth-order valence-corrected chi connectivity index (χ4v) is 1.75. The van der Waals surface area contributed by atoms with Gasteiger partial charge in [-0.2, -0.15) is 0 Å². The van der Waals surface area contributed by atoms with Crippen molar-refractivity contribution in [3.05, 3.63) is 36.0 Å². The van der Waals surface area contributed by atoms with Gasteiger partial charge >= 0.3 is 0 Å². The number of halogens is 1. The average Bonchev–Trinajstić information content (AvgIpc) is 2.56. The number of nitrogens with zero attached hydrogens (tertiary/aromatic N) is 1. The second-order valence-corrected chi connectivity index (χ2v) is 3.47. The number of aromatic nitrogens is 1. The topological polar surface area (TPSA) is 30.9 Å². The summed E-state index contributed by atoms with van der Waals surface area (Å²) in [5, 5.41) is 1.04. The molecule has 14 heavy (non-hydrogen) atoms. The number of hydrogen-bond donors (Lipinski definition) is 1. The maximum absolute atomic E-state index is 12.5. The first-order chi connectivity index (χ1) is 6.74. The largest absolute Gasteiger partial charge is 0.350 e. The molecule has 1 aromatic heterocycles. The van der Waals surface area contributed by atoms with E-state index in [1.165, 1.54) is 0 Å². The number of alkyl halides is 1. The average molecular weight is 192 g/mol. The fourth-order valence-electron chi connectivity index (χ4n) is 1.75. The smallest absolute Gasteiger partial charge is 0.109 e. The summed E-state index contributed by atoms with van der Waals surface area (Å²) in [4.78, 5) is 0. The number of para-hydroxylation sites is 1. The predicted molar refractivity (Wildman–Crippen MR) is 55.8 cm³/mol. The lowest BCUT2D eigenvalue weighted by Crippen LogP contribution is -2.11. The Hall–Kier alpha value is -1.35. The number of nitrogens with two attached hydrogens (primary N) is 1. The molecule has 1 heterocycles. The second kappa shape index (κ2) is 3.42. The summed E-state index contributed by atoms with van der Waals surface area (Å²) in [6, 6.07) is 7.37. The first-order valence-electron chi connectivity index (χ1n) is 4.59. The highest BCUT2D eigenvalue weighted by Crippen LogP contribution is 2.24. The standard InChI is InChI=1S/C11H13FN2/c1-14-7-9(10(13)6-12)8-4-2-3-5-11(8)14/h2-5,7,10H,6,13H2,1H3/t10-/m1/s1. The zero-order chi connectivity index (χ0) is 10.1. The zero-order valence-electron chi connectivity index (χ0n) is 8.07. The van der Waals surface area contributed by atoms with Crippen molar-refractivity contribution >= 4 is 10.9 Å². The van der Waals surface area contributed by atoms with Gasteiger partial charge in [0, 0.05) is 24.1 Å². The Balaban J connectivity index is 2.66. The maximum Gasteiger partial charge on any atom is 0.109 e. The van der Waals surface area contributed by atoms with E-state index in [4.69, 9.17) is 5.73 Å². The number of aryl methyl sites for hydroxylation is 1. The van der Waals surface area contributed by atoms with Crippen molar-refractivity contribution in [1.29, 1.82) is 0 Å². The van der Waals surface area contributed by atoms with Crippen LogP contribution in [0.5, 0.6) is 0 Å². The molecule has 0 aliphatic heterocycles. The van der Waals surface area contributed by atoms with Crippen molar-refractivity contribution in [2.24, 2.45) is 12.8 Å². The van der Waals surface area contributed by atoms with Crippen molar-refractivity contribution in [2.75, 3.05) is 6.67 Å². The summed E-state index contributed by atoms with van der Waals surface area (Å²) >= 11 is 0. The van der Waals surface area contributed by atoms with E-state index in [0.717, 1.165) is 16.5 Å². The molecule has 0 bridgehead atoms. The van der Waals surface area contributed by atoms with Crippen molar-refractivity contribution in [3.8, 4) is 0 Å². The second-order valence-electron chi connectivity index (χ2n) is 3.47. The minimum absolute atomic E-state index is 0.513. The van der Waals surface area contributed by atoms with Crippen molar-refractivity contribution in [1.82, 2.24) is 4.57 Å². The van der Waals surface area contributed by atoms with Gasteiger partial charge in [0.1, 0.15) is 6.67 Å². The summed E-state index contributed by atoms with van der Waals surface area (Å²) in [7, 11) is 1.94. The molecule has 1 atom stereocenters. The Bertz CT molecular complexity index is 447. The van der Waals surface area contributed by atoms with E-state index in [1.54, 1.807) is 0 Å². The molecule has 3 heteroatoms. The van der Waals surface area contributed by atoms with Gasteiger partial charge in [0.15, 0.2) is 0 Å². The van der Waals surface area contributed by atoms with Gasteiger partial charge in [-0.15, -0.1) is 0 Å². The van der Waals surface area contributed by atoms with Crippen LogP contribution in [0.2, 0.25) is 0 Å². The molecule has 2 aromatic rings. The molecule has 0 aliphatic carbocycles. The normalized spacial score (nSPS) is 13.4. The van der Waals surface area contributed by atoms with E-state index in [0.29, 0.717) is 0 Å². The summed E-state index contributed by atoms with van der Waals surface area (Å²) in [6.07, 6.45) is 1.90. The Morgan fingerprint density at radius 1 is 1.43 bits per heavy atom. The molecular weight excluding hydrogens is 179 g/mol. The number of benzene rings is 1. The van der Waals surface area contributed by atoms with Crippen LogP contribution < -0.4 is 5.73 Å². The first kappa shape index (κ1) is 9.21. The monoisotopic (exact) mass is 192 g/mol. The van der Waals surface area contributed by atoms with Gasteiger partial charge < -0.3 is 10.3 Å². The van der Waals surface area contributed by atoms with Gasteiger partial charge in [-0.1, -0.05) is 18.2 Å². The van der Waals surface area contributed by atoms with E-state index in [9.17, 15) is 4.39 Å². The molecule has 2 nitrogen and oxygen atoms in total. The zero-order valence-corrected chi connectivity index (χ0v) is 8.07. The molecule has 0 saturated carbocycles. The van der Waals surface area contributed by atoms with Crippen LogP contribution in [0.15, 0.2) is 30.5 Å². The van der Waals surface area contributed by atoms with Gasteiger partial charge in [-0.25, -0.2) is 4.39 Å². The molecule has 2 N–H and O–H groups in total. The summed E-state index contributed by atoms with van der Waals surface area (Å²) < 4.78 is 14.4. The molecule has 0 radical (unpaired) electrons. The molecule has 1 aromatic carbocycles. The highest BCUT2D eigenvalue weighted by molar-refractivity contribution is 5.84. The van der Waals surface area contributed by atoms with Crippen LogP contribution in [0.25, 0.3) is 10.9 Å². The molecule has 0 aliphatic rings. The number of fused-ring (bicyclic) bond motifs is 1. The van der Waals surface area contributed by atoms with Crippen molar-refractivity contribution in [3.63, 3.8) is 0 Å². The lowest BCUT2D eigenvalue weighted by Gasteiger charge is -2.04. The van der Waals surface area contributed by atoms with E-state index in [1.807, 2.05) is 42.1 Å². The Morgan fingerprint density at radius 3 is 2.86 bits per heavy atom. The number of rotatable bonds is 2. The lowest BCUT2D eigenvalue weighted by molar-refractivity contribution is 0.438. The highest BCUT2D eigenvalue weighted by atomic mass is 19.1. The van der Waals surface area contributed by atoms with E-state index in [2.05, 4.69) is 0 Å². The van der Waals surface area contributed by atoms with Crippen LogP contribution in [0.1, 0.15) is 11.6 Å². The van der Waals surface area contributed by atoms with Crippen LogP contribution in [-0.4, -0.2) is 11.2 Å². The molecule has 0 amide bonds. The van der Waals surface area contributed by atoms with Crippen molar-refractivity contribution in [2.45, 2.75) is 6.04 Å². The van der Waals surface area contributed by atoms with Crippen LogP contribution in [0.4, 0.5) is 4.39 Å². The summed E-state index contributed by atoms with van der Waals surface area (Å²) in [5.74, 6) is 0. The third-order valence-electron chi connectivity index (χ3n) is 2.49. The van der Waals surface area contributed by atoms with Gasteiger partial charge in [0.25, 0.3) is 0 Å². The van der Waals surface area contributed by atoms with E-state index < -0.39 is 12.7 Å². The minimum Gasteiger partial charge on any atom is -0.350 e. The molecule has 0 unspecified atom stereocenters. The van der Waals surface area contributed by atoms with Gasteiger partial charge in [-0.3, -0.25) is 0 Å². The predicted octanol–water partition coefficient (Wildman–Crippen LogP) is 2.15. The van der Waals surface area contributed by atoms with E-state index >= 15 is 0 Å². The van der Waals surface area contributed by atoms with Crippen LogP contribution >= 0.6 is 0 Å². The Labute approximate surface area is 82.1 Å². The quantitative estimate of drug-likeness (QED) is 0.776. The molecule has 0 fully saturated rings. The Morgan fingerprint density at radius 2 is 2.14 bits per heavy atom. The number of hydrogen-bond acceptors (Lipinski definition) is 1. The molecule has 0 spiro atoms. The van der Waals surface area contributed by atoms with Crippen molar-refractivity contribution < 1.29 is 4.39 Å². The molecule has 2 rings (SSSR count). The molecule has 0 saturated heterocycles. The third-order valence-corrected chi connectivity index (χ3v) is 2.49. The van der Waals surface area contributed by atoms with Gasteiger partial charge in [0.2, 0.25) is 0 Å². The molecular formula is C11H13FN2. The fraction of sp³-hybridized carbons (Fsp3) is 0.273. The van der Waals surface area contributed by atoms with Gasteiger partial charge in [0.05, 0.1) is 6.04 Å². The summed E-state index contributed by atoms with van der Waals surface area (Å²) in [5.41, 5.74) is 7.65. The van der Waals surface area contributed by atoms with Crippen LogP contribution in [0.3, 0.4) is 0 Å². The van der Waals surface area contributed by atoms with Crippen LogP contribution in [0, 0.1) is 0 Å². The first-order valence-corrected chi connectivity index (χ1v) is 4.59. The molecule has 74 valence electrons. The Kier molecular flexibility index (Phi) is 2.25. The SMILES string of the molecule is Cn1cc([C@H](N)CF)c2ccccc21. The van der Waals surface area contributed by atoms with E-state index in [-0.39, 0.29) is 0 Å². The lowest BCUT2D eigenvalue weighted by atomic mass is 10.1.